The fourth-order valence-electron chi connectivity index (χ4n) is 6.22. The van der Waals surface area contributed by atoms with Crippen molar-refractivity contribution >= 4 is 39.2 Å². The van der Waals surface area contributed by atoms with Crippen molar-refractivity contribution in [1.29, 1.82) is 0 Å². The van der Waals surface area contributed by atoms with Crippen LogP contribution < -0.4 is 4.57 Å². The van der Waals surface area contributed by atoms with E-state index >= 15 is 0 Å². The molecular weight excluding hydrogens is 454 g/mol. The first-order valence-electron chi connectivity index (χ1n) is 13.0. The van der Waals surface area contributed by atoms with Gasteiger partial charge in [-0.15, -0.1) is 0 Å². The van der Waals surface area contributed by atoms with E-state index in [1.54, 1.807) is 6.08 Å². The lowest BCUT2D eigenvalue weighted by Crippen LogP contribution is -2.37. The van der Waals surface area contributed by atoms with Crippen molar-refractivity contribution in [3.63, 3.8) is 0 Å². The Morgan fingerprint density at radius 1 is 0.676 bits per heavy atom. The smallest absolute Gasteiger partial charge is 0.227 e. The molecule has 2 aliphatic rings. The maximum atomic E-state index is 13.2. The first-order chi connectivity index (χ1) is 18.2. The van der Waals surface area contributed by atoms with Crippen LogP contribution in [-0.4, -0.2) is 11.6 Å². The van der Waals surface area contributed by atoms with Gasteiger partial charge in [0, 0.05) is 23.3 Å². The van der Waals surface area contributed by atoms with E-state index < -0.39 is 0 Å². The molecule has 5 aromatic rings. The normalized spacial score (nSPS) is 13.7. The number of nitrogens with zero attached hydrogens (tertiary/aromatic N) is 1. The summed E-state index contributed by atoms with van der Waals surface area (Å²) in [5, 5.41) is 4.96. The van der Waals surface area contributed by atoms with Crippen molar-refractivity contribution in [2.75, 3.05) is 0 Å². The molecule has 7 rings (SSSR count). The Kier molecular flexibility index (Phi) is 5.10. The third kappa shape index (κ3) is 3.70. The second-order valence-electron chi connectivity index (χ2n) is 10.1. The molecule has 0 spiro atoms. The summed E-state index contributed by atoms with van der Waals surface area (Å²) < 4.78 is 1.91. The van der Waals surface area contributed by atoms with Gasteiger partial charge in [0.25, 0.3) is 0 Å². The van der Waals surface area contributed by atoms with E-state index in [1.165, 1.54) is 43.8 Å². The molecule has 0 aliphatic heterocycles. The highest BCUT2D eigenvalue weighted by atomic mass is 16.1. The predicted molar refractivity (Wildman–Crippen MR) is 147 cm³/mol. The van der Waals surface area contributed by atoms with Crippen molar-refractivity contribution in [1.82, 2.24) is 0 Å². The number of pyridine rings is 1. The van der Waals surface area contributed by atoms with Gasteiger partial charge in [-0.25, -0.2) is 0 Å². The van der Waals surface area contributed by atoms with E-state index in [0.717, 1.165) is 42.4 Å². The number of carbonyl (C=O) groups excluding carboxylic acids is 2. The summed E-state index contributed by atoms with van der Waals surface area (Å²) in [6.45, 7) is 0.298. The van der Waals surface area contributed by atoms with Crippen LogP contribution in [-0.2, 0) is 32.2 Å². The molecule has 0 unspecified atom stereocenters. The molecule has 1 heterocycles. The van der Waals surface area contributed by atoms with Crippen LogP contribution >= 0.6 is 0 Å². The van der Waals surface area contributed by atoms with Gasteiger partial charge in [0.05, 0.1) is 0 Å². The highest BCUT2D eigenvalue weighted by Gasteiger charge is 2.23. The molecule has 3 nitrogen and oxygen atoms in total. The number of benzene rings is 4. The minimum absolute atomic E-state index is 0.0363. The number of ketones is 2. The van der Waals surface area contributed by atoms with Crippen LogP contribution in [0.3, 0.4) is 0 Å². The van der Waals surface area contributed by atoms with Gasteiger partial charge in [-0.3, -0.25) is 9.59 Å². The zero-order valence-electron chi connectivity index (χ0n) is 20.5. The van der Waals surface area contributed by atoms with Gasteiger partial charge >= 0.3 is 0 Å². The summed E-state index contributed by atoms with van der Waals surface area (Å²) in [4.78, 5) is 26.3. The number of allylic oxidation sites excluding steroid dienone is 1. The number of hydrogen-bond donors (Lipinski definition) is 0. The van der Waals surface area contributed by atoms with E-state index in [9.17, 15) is 9.59 Å². The zero-order valence-corrected chi connectivity index (χ0v) is 20.5. The monoisotopic (exact) mass is 480 g/mol. The lowest BCUT2D eigenvalue weighted by Gasteiger charge is -2.07. The third-order valence-electron chi connectivity index (χ3n) is 8.00. The van der Waals surface area contributed by atoms with Gasteiger partial charge in [-0.1, -0.05) is 66.7 Å². The first kappa shape index (κ1) is 21.9. The molecular formula is C34H26NO2+. The van der Waals surface area contributed by atoms with Gasteiger partial charge < -0.3 is 0 Å². The minimum atomic E-state index is 0.0363. The Bertz CT molecular complexity index is 1780. The quantitative estimate of drug-likeness (QED) is 0.164. The highest BCUT2D eigenvalue weighted by molar-refractivity contribution is 6.11. The Balaban J connectivity index is 1.08. The zero-order chi connectivity index (χ0) is 24.9. The second-order valence-corrected chi connectivity index (χ2v) is 10.1. The number of rotatable bonds is 6. The Morgan fingerprint density at radius 2 is 1.27 bits per heavy atom. The van der Waals surface area contributed by atoms with Crippen LogP contribution in [0.2, 0.25) is 0 Å². The summed E-state index contributed by atoms with van der Waals surface area (Å²) >= 11 is 0. The molecule has 0 radical (unpaired) electrons. The van der Waals surface area contributed by atoms with Gasteiger partial charge in [0.2, 0.25) is 12.3 Å². The molecule has 0 saturated carbocycles. The minimum Gasteiger partial charge on any atom is -0.289 e. The standard InChI is InChI=1S/C34H26NO2/c36-31(27-12-8-23-3-1-5-25-10-14-29(27)33(23)25)16-7-22-17-19-35(20-18-22)21-32(37)28-13-9-24-4-2-6-26-11-15-30(28)34(24)26/h1-9,12-13,16-20H,10-11,14-15,21H2/q+1/b16-7-. The lowest BCUT2D eigenvalue weighted by molar-refractivity contribution is -0.683. The second kappa shape index (κ2) is 8.63. The third-order valence-corrected chi connectivity index (χ3v) is 8.00. The van der Waals surface area contributed by atoms with E-state index in [0.29, 0.717) is 6.54 Å². The predicted octanol–water partition coefficient (Wildman–Crippen LogP) is 6.26. The molecule has 0 bridgehead atoms. The molecule has 0 saturated heterocycles. The van der Waals surface area contributed by atoms with E-state index in [1.807, 2.05) is 47.3 Å². The Hall–Kier alpha value is -4.37. The number of Topliss-reactive ketones (excluding diaryl/α,β-unsaturated/α-hetero) is 1. The maximum absolute atomic E-state index is 13.2. The molecule has 0 atom stereocenters. The molecule has 178 valence electrons. The Morgan fingerprint density at radius 3 is 1.92 bits per heavy atom. The van der Waals surface area contributed by atoms with Crippen LogP contribution in [0.4, 0.5) is 0 Å². The van der Waals surface area contributed by atoms with Crippen LogP contribution in [0.1, 0.15) is 48.5 Å². The van der Waals surface area contributed by atoms with Crippen molar-refractivity contribution < 1.29 is 14.2 Å². The lowest BCUT2D eigenvalue weighted by atomic mass is 9.97. The van der Waals surface area contributed by atoms with Crippen molar-refractivity contribution in [3.05, 3.63) is 130 Å². The summed E-state index contributed by atoms with van der Waals surface area (Å²) in [5.41, 5.74) is 7.63. The largest absolute Gasteiger partial charge is 0.289 e. The van der Waals surface area contributed by atoms with Gasteiger partial charge in [0.1, 0.15) is 0 Å². The Labute approximate surface area is 215 Å². The average molecular weight is 481 g/mol. The summed E-state index contributed by atoms with van der Waals surface area (Å²) in [7, 11) is 0. The van der Waals surface area contributed by atoms with Crippen LogP contribution in [0, 0.1) is 0 Å². The number of hydrogen-bond acceptors (Lipinski definition) is 2. The molecule has 0 amide bonds. The van der Waals surface area contributed by atoms with Gasteiger partial charge in [0.15, 0.2) is 18.2 Å². The summed E-state index contributed by atoms with van der Waals surface area (Å²) in [6, 6.07) is 24.7. The van der Waals surface area contributed by atoms with Gasteiger partial charge in [-0.05, 0) is 81.1 Å². The van der Waals surface area contributed by atoms with Gasteiger partial charge in [-0.2, -0.15) is 4.57 Å². The van der Waals surface area contributed by atoms with E-state index in [-0.39, 0.29) is 11.6 Å². The highest BCUT2D eigenvalue weighted by Crippen LogP contribution is 2.34. The van der Waals surface area contributed by atoms with Crippen molar-refractivity contribution in [2.45, 2.75) is 32.2 Å². The summed E-state index contributed by atoms with van der Waals surface area (Å²) in [6.07, 6.45) is 11.2. The number of carbonyl (C=O) groups is 2. The molecule has 4 aromatic carbocycles. The van der Waals surface area contributed by atoms with E-state index in [4.69, 9.17) is 0 Å². The van der Waals surface area contributed by atoms with Crippen LogP contribution in [0.15, 0.2) is 91.3 Å². The average Bonchev–Trinajstić information content (AvgIpc) is 3.56. The van der Waals surface area contributed by atoms with Crippen LogP contribution in [0.5, 0.6) is 0 Å². The molecule has 0 fully saturated rings. The van der Waals surface area contributed by atoms with Crippen LogP contribution in [0.25, 0.3) is 27.6 Å². The van der Waals surface area contributed by atoms with E-state index in [2.05, 4.69) is 48.5 Å². The number of aromatic nitrogens is 1. The summed E-state index contributed by atoms with van der Waals surface area (Å²) in [5.74, 6) is 0.167. The molecule has 0 N–H and O–H groups in total. The SMILES string of the molecule is O=C(/C=C\c1cc[n+](CC(=O)c2ccc3cccc4c3c2CC4)cc1)c1ccc2cccc3c2c1CC3. The molecule has 1 aromatic heterocycles. The number of aryl methyl sites for hydroxylation is 4. The molecule has 3 heteroatoms. The topological polar surface area (TPSA) is 38.0 Å². The van der Waals surface area contributed by atoms with Crippen molar-refractivity contribution in [3.8, 4) is 0 Å². The molecule has 37 heavy (non-hydrogen) atoms. The maximum Gasteiger partial charge on any atom is 0.227 e. The molecule has 2 aliphatic carbocycles. The fraction of sp³-hybridized carbons (Fsp3) is 0.147. The first-order valence-corrected chi connectivity index (χ1v) is 13.0. The fourth-order valence-corrected chi connectivity index (χ4v) is 6.22. The van der Waals surface area contributed by atoms with Crippen molar-refractivity contribution in [2.24, 2.45) is 0 Å².